The van der Waals surface area contributed by atoms with Gasteiger partial charge in [-0.1, -0.05) is 70.3 Å². The Kier molecular flexibility index (Phi) is 7.21. The standard InChI is InChI=1S/C18H35BrO2/c1-7-13(8-2)15-17(9-3,10-4)14(20)16(21-15)18(19,11-5)12-6/h13-16,20H,7-12H2,1-6H3. The Hall–Kier alpha value is 0.400. The Balaban J connectivity index is 3.21. The van der Waals surface area contributed by atoms with Crippen LogP contribution in [0.2, 0.25) is 0 Å². The summed E-state index contributed by atoms with van der Waals surface area (Å²) in [6.45, 7) is 13.3. The van der Waals surface area contributed by atoms with Crippen molar-refractivity contribution >= 4 is 15.9 Å². The number of aliphatic hydroxyl groups excluding tert-OH is 1. The molecule has 0 radical (unpaired) electrons. The molecular weight excluding hydrogens is 328 g/mol. The van der Waals surface area contributed by atoms with Crippen LogP contribution >= 0.6 is 15.9 Å². The predicted molar refractivity (Wildman–Crippen MR) is 94.0 cm³/mol. The number of aliphatic hydroxyl groups is 1. The van der Waals surface area contributed by atoms with Gasteiger partial charge >= 0.3 is 0 Å². The first-order chi connectivity index (χ1) is 9.90. The molecule has 0 aromatic heterocycles. The van der Waals surface area contributed by atoms with E-state index in [1.54, 1.807) is 0 Å². The fraction of sp³-hybridized carbons (Fsp3) is 1.00. The summed E-state index contributed by atoms with van der Waals surface area (Å²) in [4.78, 5) is 0. The molecule has 1 aliphatic heterocycles. The molecule has 21 heavy (non-hydrogen) atoms. The summed E-state index contributed by atoms with van der Waals surface area (Å²) in [7, 11) is 0. The summed E-state index contributed by atoms with van der Waals surface area (Å²) in [6.07, 6.45) is 5.87. The lowest BCUT2D eigenvalue weighted by molar-refractivity contribution is -0.0436. The molecule has 0 aromatic rings. The Morgan fingerprint density at radius 3 is 1.86 bits per heavy atom. The van der Waals surface area contributed by atoms with Crippen LogP contribution in [0.5, 0.6) is 0 Å². The average molecular weight is 363 g/mol. The Labute approximate surface area is 140 Å². The average Bonchev–Trinajstić information content (AvgIpc) is 2.82. The quantitative estimate of drug-likeness (QED) is 0.592. The molecule has 3 unspecified atom stereocenters. The Morgan fingerprint density at radius 2 is 1.52 bits per heavy atom. The topological polar surface area (TPSA) is 29.5 Å². The highest BCUT2D eigenvalue weighted by Crippen LogP contribution is 2.53. The summed E-state index contributed by atoms with van der Waals surface area (Å²) in [6, 6.07) is 0. The number of hydrogen-bond acceptors (Lipinski definition) is 2. The van der Waals surface area contributed by atoms with E-state index in [1.807, 2.05) is 0 Å². The first-order valence-electron chi connectivity index (χ1n) is 8.92. The molecule has 0 aliphatic carbocycles. The van der Waals surface area contributed by atoms with Gasteiger partial charge in [0.1, 0.15) is 0 Å². The van der Waals surface area contributed by atoms with Gasteiger partial charge in [0, 0.05) is 5.41 Å². The van der Waals surface area contributed by atoms with E-state index in [2.05, 4.69) is 57.5 Å². The number of alkyl halides is 1. The van der Waals surface area contributed by atoms with E-state index in [1.165, 1.54) is 0 Å². The minimum Gasteiger partial charge on any atom is -0.390 e. The van der Waals surface area contributed by atoms with Gasteiger partial charge in [-0.05, 0) is 31.6 Å². The smallest absolute Gasteiger partial charge is 0.0996 e. The van der Waals surface area contributed by atoms with Crippen LogP contribution in [0.25, 0.3) is 0 Å². The highest BCUT2D eigenvalue weighted by atomic mass is 79.9. The van der Waals surface area contributed by atoms with Crippen molar-refractivity contribution in [2.75, 3.05) is 0 Å². The van der Waals surface area contributed by atoms with Gasteiger partial charge in [-0.3, -0.25) is 0 Å². The van der Waals surface area contributed by atoms with E-state index < -0.39 is 0 Å². The van der Waals surface area contributed by atoms with E-state index in [4.69, 9.17) is 4.74 Å². The van der Waals surface area contributed by atoms with Gasteiger partial charge in [0.2, 0.25) is 0 Å². The van der Waals surface area contributed by atoms with Crippen molar-refractivity contribution < 1.29 is 9.84 Å². The van der Waals surface area contributed by atoms with Gasteiger partial charge in [-0.15, -0.1) is 0 Å². The minimum absolute atomic E-state index is 0.0925. The maximum absolute atomic E-state index is 11.2. The molecule has 3 atom stereocenters. The van der Waals surface area contributed by atoms with E-state index in [-0.39, 0.29) is 28.1 Å². The van der Waals surface area contributed by atoms with E-state index in [0.717, 1.165) is 38.5 Å². The normalized spacial score (nSPS) is 29.3. The van der Waals surface area contributed by atoms with Crippen molar-refractivity contribution in [2.24, 2.45) is 11.3 Å². The van der Waals surface area contributed by atoms with Crippen LogP contribution in [0.1, 0.15) is 80.1 Å². The first kappa shape index (κ1) is 19.4. The maximum atomic E-state index is 11.2. The third kappa shape index (κ3) is 3.21. The van der Waals surface area contributed by atoms with Crippen molar-refractivity contribution in [2.45, 2.75) is 103 Å². The fourth-order valence-electron chi connectivity index (χ4n) is 4.26. The van der Waals surface area contributed by atoms with Gasteiger partial charge in [-0.2, -0.15) is 0 Å². The monoisotopic (exact) mass is 362 g/mol. The molecule has 3 heteroatoms. The van der Waals surface area contributed by atoms with Gasteiger partial charge in [-0.25, -0.2) is 0 Å². The molecule has 0 aromatic carbocycles. The van der Waals surface area contributed by atoms with Crippen LogP contribution in [0.15, 0.2) is 0 Å². The van der Waals surface area contributed by atoms with E-state index >= 15 is 0 Å². The SMILES string of the molecule is CCC(CC)C1OC(C(Br)(CC)CC)C(O)C1(CC)CC. The van der Waals surface area contributed by atoms with Crippen LogP contribution in [-0.4, -0.2) is 27.7 Å². The Morgan fingerprint density at radius 1 is 1.05 bits per heavy atom. The summed E-state index contributed by atoms with van der Waals surface area (Å²) >= 11 is 3.90. The maximum Gasteiger partial charge on any atom is 0.0996 e. The zero-order valence-corrected chi connectivity index (χ0v) is 16.4. The molecule has 0 amide bonds. The number of ether oxygens (including phenoxy) is 1. The largest absolute Gasteiger partial charge is 0.390 e. The highest BCUT2D eigenvalue weighted by Gasteiger charge is 2.59. The third-order valence-electron chi connectivity index (χ3n) is 6.21. The molecule has 1 heterocycles. The third-order valence-corrected chi connectivity index (χ3v) is 7.79. The number of hydrogen-bond donors (Lipinski definition) is 1. The number of rotatable bonds is 8. The van der Waals surface area contributed by atoms with Gasteiger partial charge in [0.15, 0.2) is 0 Å². The zero-order chi connectivity index (χ0) is 16.3. The lowest BCUT2D eigenvalue weighted by Gasteiger charge is -2.39. The van der Waals surface area contributed by atoms with E-state index in [9.17, 15) is 5.11 Å². The van der Waals surface area contributed by atoms with Crippen molar-refractivity contribution in [3.63, 3.8) is 0 Å². The van der Waals surface area contributed by atoms with Crippen LogP contribution < -0.4 is 0 Å². The van der Waals surface area contributed by atoms with Gasteiger partial charge in [0.05, 0.1) is 22.6 Å². The molecule has 126 valence electrons. The molecule has 1 rings (SSSR count). The van der Waals surface area contributed by atoms with Crippen LogP contribution in [0.3, 0.4) is 0 Å². The molecule has 1 aliphatic rings. The minimum atomic E-state index is -0.377. The zero-order valence-electron chi connectivity index (χ0n) is 14.8. The van der Waals surface area contributed by atoms with E-state index in [0.29, 0.717) is 5.92 Å². The summed E-state index contributed by atoms with van der Waals surface area (Å²) < 4.78 is 6.46. The molecule has 0 bridgehead atoms. The lowest BCUT2D eigenvalue weighted by atomic mass is 9.67. The second kappa shape index (κ2) is 7.79. The van der Waals surface area contributed by atoms with Crippen molar-refractivity contribution in [3.8, 4) is 0 Å². The molecule has 1 fully saturated rings. The lowest BCUT2D eigenvalue weighted by Crippen LogP contribution is -2.47. The van der Waals surface area contributed by atoms with Crippen LogP contribution in [-0.2, 0) is 4.74 Å². The summed E-state index contributed by atoms with van der Waals surface area (Å²) in [5, 5.41) is 11.2. The second-order valence-corrected chi connectivity index (χ2v) is 8.26. The second-order valence-electron chi connectivity index (χ2n) is 6.68. The van der Waals surface area contributed by atoms with Crippen LogP contribution in [0.4, 0.5) is 0 Å². The molecule has 0 saturated carbocycles. The fourth-order valence-corrected chi connectivity index (χ4v) is 4.62. The first-order valence-corrected chi connectivity index (χ1v) is 9.72. The van der Waals surface area contributed by atoms with Crippen LogP contribution in [0, 0.1) is 11.3 Å². The van der Waals surface area contributed by atoms with Gasteiger partial charge in [0.25, 0.3) is 0 Å². The van der Waals surface area contributed by atoms with Crippen molar-refractivity contribution in [3.05, 3.63) is 0 Å². The summed E-state index contributed by atoms with van der Waals surface area (Å²) in [5.41, 5.74) is -0.0925. The summed E-state index contributed by atoms with van der Waals surface area (Å²) in [5.74, 6) is 0.537. The molecule has 1 saturated heterocycles. The Bertz CT molecular complexity index is 306. The predicted octanol–water partition coefficient (Wildman–Crippen LogP) is 5.31. The highest BCUT2D eigenvalue weighted by molar-refractivity contribution is 9.10. The van der Waals surface area contributed by atoms with Crippen molar-refractivity contribution in [1.82, 2.24) is 0 Å². The molecule has 2 nitrogen and oxygen atoms in total. The molecule has 1 N–H and O–H groups in total. The molecular formula is C18H35BrO2. The van der Waals surface area contributed by atoms with Gasteiger partial charge < -0.3 is 9.84 Å². The van der Waals surface area contributed by atoms with Crippen molar-refractivity contribution in [1.29, 1.82) is 0 Å². The molecule has 0 spiro atoms. The number of halogens is 1.